The summed E-state index contributed by atoms with van der Waals surface area (Å²) in [5.74, 6) is -1.27. The van der Waals surface area contributed by atoms with Crippen LogP contribution < -0.4 is 5.32 Å². The Kier molecular flexibility index (Phi) is 4.88. The molecular formula is C12H13ClN2O4. The fourth-order valence-corrected chi connectivity index (χ4v) is 1.68. The molecule has 0 saturated carbocycles. The van der Waals surface area contributed by atoms with Gasteiger partial charge in [-0.2, -0.15) is 0 Å². The Morgan fingerprint density at radius 1 is 1.53 bits per heavy atom. The average molecular weight is 285 g/mol. The van der Waals surface area contributed by atoms with Crippen LogP contribution in [0.4, 0.5) is 11.4 Å². The highest BCUT2D eigenvalue weighted by Crippen LogP contribution is 2.31. The molecule has 1 rings (SSSR count). The number of allylic oxidation sites excluding steroid dienone is 1. The Balaban J connectivity index is 3.18. The molecule has 0 saturated heterocycles. The Morgan fingerprint density at radius 3 is 2.63 bits per heavy atom. The van der Waals surface area contributed by atoms with Gasteiger partial charge in [0.1, 0.15) is 0 Å². The molecule has 19 heavy (non-hydrogen) atoms. The molecule has 0 heterocycles. The first kappa shape index (κ1) is 15.0. The van der Waals surface area contributed by atoms with Crippen molar-refractivity contribution in [1.29, 1.82) is 0 Å². The second-order valence-corrected chi connectivity index (χ2v) is 4.48. The zero-order valence-electron chi connectivity index (χ0n) is 10.4. The summed E-state index contributed by atoms with van der Waals surface area (Å²) in [4.78, 5) is 21.1. The van der Waals surface area contributed by atoms with Crippen molar-refractivity contribution < 1.29 is 14.8 Å². The van der Waals surface area contributed by atoms with Gasteiger partial charge >= 0.3 is 5.97 Å². The predicted octanol–water partition coefficient (Wildman–Crippen LogP) is 3.32. The number of carboxylic acids is 1. The van der Waals surface area contributed by atoms with Crippen LogP contribution in [-0.2, 0) is 0 Å². The standard InChI is InChI=1S/C12H13ClN2O4/c1-7(2)3-4-14-11-9(12(16)17)5-8(15(18)19)6-10(11)13/h3,5-6,14H,4H2,1-2H3,(H,16,17). The zero-order chi connectivity index (χ0) is 14.6. The van der Waals surface area contributed by atoms with Crippen molar-refractivity contribution in [3.63, 3.8) is 0 Å². The maximum atomic E-state index is 11.1. The van der Waals surface area contributed by atoms with Gasteiger partial charge in [-0.05, 0) is 13.8 Å². The molecule has 1 aromatic carbocycles. The Labute approximate surface area is 114 Å². The lowest BCUT2D eigenvalue weighted by Gasteiger charge is -2.10. The molecule has 0 aliphatic carbocycles. The van der Waals surface area contributed by atoms with E-state index in [4.69, 9.17) is 16.7 Å². The summed E-state index contributed by atoms with van der Waals surface area (Å²) in [5.41, 5.74) is 0.663. The number of nitro benzene ring substituents is 1. The molecule has 102 valence electrons. The number of anilines is 1. The Bertz CT molecular complexity index is 551. The van der Waals surface area contributed by atoms with Gasteiger partial charge in [-0.3, -0.25) is 10.1 Å². The van der Waals surface area contributed by atoms with E-state index in [0.717, 1.165) is 17.7 Å². The van der Waals surface area contributed by atoms with Gasteiger partial charge in [0.15, 0.2) is 0 Å². The lowest BCUT2D eigenvalue weighted by Crippen LogP contribution is -2.08. The minimum atomic E-state index is -1.27. The normalized spacial score (nSPS) is 9.84. The third kappa shape index (κ3) is 3.96. The summed E-state index contributed by atoms with van der Waals surface area (Å²) in [6, 6.07) is 2.11. The third-order valence-electron chi connectivity index (χ3n) is 2.31. The van der Waals surface area contributed by atoms with Gasteiger partial charge < -0.3 is 10.4 Å². The molecular weight excluding hydrogens is 272 g/mol. The minimum absolute atomic E-state index is 0.00811. The summed E-state index contributed by atoms with van der Waals surface area (Å²) in [5, 5.41) is 22.6. The Morgan fingerprint density at radius 2 is 2.16 bits per heavy atom. The first-order valence-electron chi connectivity index (χ1n) is 5.41. The SMILES string of the molecule is CC(C)=CCNc1c(Cl)cc([N+](=O)[O-])cc1C(=O)O. The molecule has 0 aliphatic heterocycles. The maximum Gasteiger partial charge on any atom is 0.338 e. The van der Waals surface area contributed by atoms with E-state index in [1.807, 2.05) is 19.9 Å². The zero-order valence-corrected chi connectivity index (χ0v) is 11.2. The number of benzene rings is 1. The molecule has 2 N–H and O–H groups in total. The van der Waals surface area contributed by atoms with Crippen molar-refractivity contribution >= 4 is 28.9 Å². The quantitative estimate of drug-likeness (QED) is 0.491. The van der Waals surface area contributed by atoms with Crippen LogP contribution in [0.25, 0.3) is 0 Å². The van der Waals surface area contributed by atoms with Gasteiger partial charge in [0, 0.05) is 18.7 Å². The van der Waals surface area contributed by atoms with E-state index >= 15 is 0 Å². The fraction of sp³-hybridized carbons (Fsp3) is 0.250. The number of non-ortho nitro benzene ring substituents is 1. The van der Waals surface area contributed by atoms with Crippen molar-refractivity contribution in [1.82, 2.24) is 0 Å². The summed E-state index contributed by atoms with van der Waals surface area (Å²) in [7, 11) is 0. The van der Waals surface area contributed by atoms with Crippen molar-refractivity contribution in [2.24, 2.45) is 0 Å². The van der Waals surface area contributed by atoms with Crippen LogP contribution in [-0.4, -0.2) is 22.5 Å². The molecule has 0 bridgehead atoms. The minimum Gasteiger partial charge on any atom is -0.478 e. The van der Waals surface area contributed by atoms with Crippen LogP contribution in [0.3, 0.4) is 0 Å². The average Bonchev–Trinajstić information content (AvgIpc) is 2.29. The number of carboxylic acid groups (broad SMARTS) is 1. The van der Waals surface area contributed by atoms with Gasteiger partial charge in [-0.15, -0.1) is 0 Å². The molecule has 6 nitrogen and oxygen atoms in total. The van der Waals surface area contributed by atoms with Crippen molar-refractivity contribution in [3.05, 3.63) is 44.5 Å². The van der Waals surface area contributed by atoms with Crippen LogP contribution in [0.15, 0.2) is 23.8 Å². The van der Waals surface area contributed by atoms with E-state index in [-0.39, 0.29) is 22.0 Å². The molecule has 0 aliphatic rings. The van der Waals surface area contributed by atoms with E-state index in [2.05, 4.69) is 5.32 Å². The first-order chi connectivity index (χ1) is 8.82. The number of hydrogen-bond acceptors (Lipinski definition) is 4. The molecule has 0 unspecified atom stereocenters. The molecule has 0 aromatic heterocycles. The van der Waals surface area contributed by atoms with Crippen LogP contribution in [0.5, 0.6) is 0 Å². The molecule has 0 amide bonds. The van der Waals surface area contributed by atoms with E-state index in [0.29, 0.717) is 6.54 Å². The predicted molar refractivity (Wildman–Crippen MR) is 73.0 cm³/mol. The second-order valence-electron chi connectivity index (χ2n) is 4.07. The monoisotopic (exact) mass is 284 g/mol. The summed E-state index contributed by atoms with van der Waals surface area (Å²) in [6.07, 6.45) is 1.85. The van der Waals surface area contributed by atoms with E-state index < -0.39 is 10.9 Å². The van der Waals surface area contributed by atoms with Gasteiger partial charge in [0.2, 0.25) is 0 Å². The van der Waals surface area contributed by atoms with Crippen LogP contribution >= 0.6 is 11.6 Å². The van der Waals surface area contributed by atoms with Crippen molar-refractivity contribution in [2.45, 2.75) is 13.8 Å². The lowest BCUT2D eigenvalue weighted by atomic mass is 10.1. The maximum absolute atomic E-state index is 11.1. The second kappa shape index (κ2) is 6.19. The topological polar surface area (TPSA) is 92.5 Å². The number of hydrogen-bond donors (Lipinski definition) is 2. The fourth-order valence-electron chi connectivity index (χ4n) is 1.40. The van der Waals surface area contributed by atoms with Gasteiger partial charge in [-0.25, -0.2) is 4.79 Å². The Hall–Kier alpha value is -2.08. The number of rotatable bonds is 5. The molecule has 0 fully saturated rings. The number of halogens is 1. The van der Waals surface area contributed by atoms with Crippen molar-refractivity contribution in [3.8, 4) is 0 Å². The first-order valence-corrected chi connectivity index (χ1v) is 5.79. The largest absolute Gasteiger partial charge is 0.478 e. The number of nitro groups is 1. The van der Waals surface area contributed by atoms with Crippen molar-refractivity contribution in [2.75, 3.05) is 11.9 Å². The van der Waals surface area contributed by atoms with E-state index in [1.165, 1.54) is 0 Å². The molecule has 1 aromatic rings. The van der Waals surface area contributed by atoms with Gasteiger partial charge in [-0.1, -0.05) is 23.3 Å². The van der Waals surface area contributed by atoms with E-state index in [1.54, 1.807) is 0 Å². The van der Waals surface area contributed by atoms with Crippen LogP contribution in [0, 0.1) is 10.1 Å². The molecule has 0 spiro atoms. The number of aromatic carboxylic acids is 1. The van der Waals surface area contributed by atoms with Gasteiger partial charge in [0.05, 0.1) is 21.2 Å². The summed E-state index contributed by atoms with van der Waals surface area (Å²) < 4.78 is 0. The van der Waals surface area contributed by atoms with Crippen LogP contribution in [0.1, 0.15) is 24.2 Å². The highest BCUT2D eigenvalue weighted by Gasteiger charge is 2.19. The molecule has 7 heteroatoms. The highest BCUT2D eigenvalue weighted by atomic mass is 35.5. The number of nitrogens with zero attached hydrogens (tertiary/aromatic N) is 1. The highest BCUT2D eigenvalue weighted by molar-refractivity contribution is 6.34. The number of carbonyl (C=O) groups is 1. The summed E-state index contributed by atoms with van der Waals surface area (Å²) in [6.45, 7) is 4.19. The number of nitrogens with one attached hydrogen (secondary N) is 1. The van der Waals surface area contributed by atoms with Gasteiger partial charge in [0.25, 0.3) is 5.69 Å². The third-order valence-corrected chi connectivity index (χ3v) is 2.60. The smallest absolute Gasteiger partial charge is 0.338 e. The van der Waals surface area contributed by atoms with Crippen LogP contribution in [0.2, 0.25) is 5.02 Å². The lowest BCUT2D eigenvalue weighted by molar-refractivity contribution is -0.384. The van der Waals surface area contributed by atoms with E-state index in [9.17, 15) is 14.9 Å². The molecule has 0 radical (unpaired) electrons. The summed E-state index contributed by atoms with van der Waals surface area (Å²) >= 11 is 5.89. The molecule has 0 atom stereocenters.